The molecular weight excluding hydrogens is 346 g/mol. The molecule has 2 heterocycles. The number of ether oxygens (including phenoxy) is 3. The highest BCUT2D eigenvalue weighted by atomic mass is 16.5. The summed E-state index contributed by atoms with van der Waals surface area (Å²) in [6.45, 7) is 3.23. The summed E-state index contributed by atoms with van der Waals surface area (Å²) in [4.78, 5) is 23.3. The molecule has 0 bridgehead atoms. The van der Waals surface area contributed by atoms with Crippen LogP contribution in [0.5, 0.6) is 17.5 Å². The predicted octanol–water partition coefficient (Wildman–Crippen LogP) is 2.74. The Morgan fingerprint density at radius 1 is 1.22 bits per heavy atom. The third-order valence-corrected chi connectivity index (χ3v) is 4.67. The van der Waals surface area contributed by atoms with E-state index in [0.29, 0.717) is 36.2 Å². The van der Waals surface area contributed by atoms with Gasteiger partial charge in [-0.3, -0.25) is 4.79 Å². The van der Waals surface area contributed by atoms with Gasteiger partial charge in [0, 0.05) is 25.0 Å². The Balaban J connectivity index is 1.69. The molecule has 1 aliphatic rings. The van der Waals surface area contributed by atoms with Crippen molar-refractivity contribution >= 4 is 5.91 Å². The maximum absolute atomic E-state index is 13.0. The second kappa shape index (κ2) is 8.70. The van der Waals surface area contributed by atoms with E-state index in [1.807, 2.05) is 0 Å². The van der Waals surface area contributed by atoms with E-state index in [4.69, 9.17) is 14.2 Å². The Kier molecular flexibility index (Phi) is 6.11. The highest BCUT2D eigenvalue weighted by Crippen LogP contribution is 2.27. The van der Waals surface area contributed by atoms with E-state index in [9.17, 15) is 4.79 Å². The van der Waals surface area contributed by atoms with Crippen molar-refractivity contribution in [1.29, 1.82) is 0 Å². The third kappa shape index (κ3) is 4.48. The first-order chi connectivity index (χ1) is 13.1. The molecule has 144 valence electrons. The first-order valence-electron chi connectivity index (χ1n) is 9.13. The molecule has 0 radical (unpaired) electrons. The summed E-state index contributed by atoms with van der Waals surface area (Å²) in [5.41, 5.74) is 1.58. The first-order valence-corrected chi connectivity index (χ1v) is 9.13. The van der Waals surface area contributed by atoms with E-state index in [-0.39, 0.29) is 12.0 Å². The molecule has 1 fully saturated rings. The summed E-state index contributed by atoms with van der Waals surface area (Å²) in [7, 11) is 3.13. The van der Waals surface area contributed by atoms with Crippen LogP contribution in [0.3, 0.4) is 0 Å². The average molecular weight is 371 g/mol. The minimum absolute atomic E-state index is 0.0787. The van der Waals surface area contributed by atoms with Crippen molar-refractivity contribution in [1.82, 2.24) is 14.9 Å². The molecule has 1 atom stereocenters. The monoisotopic (exact) mass is 371 g/mol. The van der Waals surface area contributed by atoms with Gasteiger partial charge >= 0.3 is 6.01 Å². The maximum atomic E-state index is 13.0. The van der Waals surface area contributed by atoms with Crippen LogP contribution in [0.1, 0.15) is 35.7 Å². The zero-order chi connectivity index (χ0) is 19.2. The van der Waals surface area contributed by atoms with Gasteiger partial charge in [-0.05, 0) is 37.0 Å². The van der Waals surface area contributed by atoms with Crippen molar-refractivity contribution in [3.05, 3.63) is 41.7 Å². The van der Waals surface area contributed by atoms with E-state index < -0.39 is 0 Å². The minimum Gasteiger partial charge on any atom is -0.497 e. The van der Waals surface area contributed by atoms with Crippen molar-refractivity contribution in [2.45, 2.75) is 32.3 Å². The number of piperidine rings is 1. The number of methoxy groups -OCH3 is 2. The van der Waals surface area contributed by atoms with Crippen molar-refractivity contribution in [2.75, 3.05) is 27.3 Å². The largest absolute Gasteiger partial charge is 0.497 e. The second-order valence-electron chi connectivity index (χ2n) is 6.43. The van der Waals surface area contributed by atoms with Gasteiger partial charge in [0.05, 0.1) is 26.3 Å². The zero-order valence-electron chi connectivity index (χ0n) is 16.0. The number of likely N-dealkylation sites (tertiary alicyclic amines) is 1. The van der Waals surface area contributed by atoms with Crippen LogP contribution >= 0.6 is 0 Å². The van der Waals surface area contributed by atoms with Crippen molar-refractivity contribution < 1.29 is 19.0 Å². The standard InChI is InChI=1S/C20H25N3O4/c1-4-14-11-21-20(22-12-14)27-16-6-5-9-23(13-16)19(24)17-8-7-15(25-2)10-18(17)26-3/h7-8,10-12,16H,4-6,9,13H2,1-3H3. The number of nitrogens with zero attached hydrogens (tertiary/aromatic N) is 3. The van der Waals surface area contributed by atoms with Gasteiger partial charge in [-0.1, -0.05) is 6.92 Å². The predicted molar refractivity (Wildman–Crippen MR) is 101 cm³/mol. The molecule has 0 aliphatic carbocycles. The summed E-state index contributed by atoms with van der Waals surface area (Å²) in [6, 6.07) is 5.57. The fourth-order valence-electron chi connectivity index (χ4n) is 3.10. The lowest BCUT2D eigenvalue weighted by molar-refractivity contribution is 0.0513. The highest BCUT2D eigenvalue weighted by Gasteiger charge is 2.28. The second-order valence-corrected chi connectivity index (χ2v) is 6.43. The topological polar surface area (TPSA) is 73.8 Å². The van der Waals surface area contributed by atoms with Crippen molar-refractivity contribution in [3.8, 4) is 17.5 Å². The number of carbonyl (C=O) groups excluding carboxylic acids is 1. The van der Waals surface area contributed by atoms with Crippen LogP contribution < -0.4 is 14.2 Å². The number of aryl methyl sites for hydroxylation is 1. The molecule has 1 saturated heterocycles. The number of hydrogen-bond acceptors (Lipinski definition) is 6. The van der Waals surface area contributed by atoms with Crippen LogP contribution in [-0.2, 0) is 6.42 Å². The molecule has 7 heteroatoms. The van der Waals surface area contributed by atoms with E-state index in [2.05, 4.69) is 16.9 Å². The lowest BCUT2D eigenvalue weighted by Crippen LogP contribution is -2.44. The molecule has 1 aromatic heterocycles. The van der Waals surface area contributed by atoms with Crippen LogP contribution in [0.25, 0.3) is 0 Å². The quantitative estimate of drug-likeness (QED) is 0.777. The zero-order valence-corrected chi connectivity index (χ0v) is 16.0. The van der Waals surface area contributed by atoms with Crippen LogP contribution in [0, 0.1) is 0 Å². The van der Waals surface area contributed by atoms with Crippen LogP contribution in [0.2, 0.25) is 0 Å². The van der Waals surface area contributed by atoms with Gasteiger partial charge < -0.3 is 19.1 Å². The molecular formula is C20H25N3O4. The molecule has 1 aliphatic heterocycles. The summed E-state index contributed by atoms with van der Waals surface area (Å²) in [6.07, 6.45) is 6.03. The van der Waals surface area contributed by atoms with E-state index >= 15 is 0 Å². The first kappa shape index (κ1) is 18.9. The van der Waals surface area contributed by atoms with Gasteiger partial charge in [0.25, 0.3) is 5.91 Å². The number of rotatable bonds is 6. The van der Waals surface area contributed by atoms with Crippen LogP contribution in [-0.4, -0.2) is 54.2 Å². The molecule has 3 rings (SSSR count). The number of amides is 1. The van der Waals surface area contributed by atoms with Gasteiger partial charge in [-0.2, -0.15) is 0 Å². The minimum atomic E-state index is -0.126. The molecule has 2 aromatic rings. The fraction of sp³-hybridized carbons (Fsp3) is 0.450. The maximum Gasteiger partial charge on any atom is 0.316 e. The lowest BCUT2D eigenvalue weighted by atomic mass is 10.1. The Labute approximate surface area is 159 Å². The Morgan fingerprint density at radius 2 is 2.00 bits per heavy atom. The van der Waals surface area contributed by atoms with Gasteiger partial charge in [0.1, 0.15) is 17.6 Å². The number of hydrogen-bond donors (Lipinski definition) is 0. The summed E-state index contributed by atoms with van der Waals surface area (Å²) >= 11 is 0. The van der Waals surface area contributed by atoms with E-state index in [1.165, 1.54) is 0 Å². The summed E-state index contributed by atoms with van der Waals surface area (Å²) in [5, 5.41) is 0. The molecule has 1 aromatic carbocycles. The van der Waals surface area contributed by atoms with Gasteiger partial charge in [-0.25, -0.2) is 9.97 Å². The van der Waals surface area contributed by atoms with Crippen LogP contribution in [0.4, 0.5) is 0 Å². The normalized spacial score (nSPS) is 16.7. The smallest absolute Gasteiger partial charge is 0.316 e. The molecule has 7 nitrogen and oxygen atoms in total. The Hall–Kier alpha value is -2.83. The Bertz CT molecular complexity index is 779. The van der Waals surface area contributed by atoms with Crippen molar-refractivity contribution in [3.63, 3.8) is 0 Å². The number of aromatic nitrogens is 2. The molecule has 0 saturated carbocycles. The van der Waals surface area contributed by atoms with Crippen LogP contribution in [0.15, 0.2) is 30.6 Å². The summed E-state index contributed by atoms with van der Waals surface area (Å²) in [5.74, 6) is 1.07. The van der Waals surface area contributed by atoms with E-state index in [0.717, 1.165) is 24.8 Å². The average Bonchev–Trinajstić information content (AvgIpc) is 2.73. The molecule has 1 unspecified atom stereocenters. The fourth-order valence-corrected chi connectivity index (χ4v) is 3.10. The SMILES string of the molecule is CCc1cnc(OC2CCCN(C(=O)c3ccc(OC)cc3OC)C2)nc1. The Morgan fingerprint density at radius 3 is 2.67 bits per heavy atom. The third-order valence-electron chi connectivity index (χ3n) is 4.67. The van der Waals surface area contributed by atoms with Gasteiger partial charge in [0.15, 0.2) is 0 Å². The molecule has 0 N–H and O–H groups in total. The molecule has 27 heavy (non-hydrogen) atoms. The van der Waals surface area contributed by atoms with E-state index in [1.54, 1.807) is 49.7 Å². The molecule has 1 amide bonds. The number of benzene rings is 1. The van der Waals surface area contributed by atoms with Gasteiger partial charge in [0.2, 0.25) is 0 Å². The highest BCUT2D eigenvalue weighted by molar-refractivity contribution is 5.97. The lowest BCUT2D eigenvalue weighted by Gasteiger charge is -2.32. The summed E-state index contributed by atoms with van der Waals surface area (Å²) < 4.78 is 16.5. The number of carbonyl (C=O) groups is 1. The van der Waals surface area contributed by atoms with Gasteiger partial charge in [-0.15, -0.1) is 0 Å². The van der Waals surface area contributed by atoms with Crippen molar-refractivity contribution in [2.24, 2.45) is 0 Å². The molecule has 0 spiro atoms.